The summed E-state index contributed by atoms with van der Waals surface area (Å²) in [4.78, 5) is 40.3. The highest BCUT2D eigenvalue weighted by Gasteiger charge is 2.42. The lowest BCUT2D eigenvalue weighted by Crippen LogP contribution is -2.48. The topological polar surface area (TPSA) is 128 Å². The minimum Gasteiger partial charge on any atom is -0.479 e. The molecule has 3 atom stereocenters. The molecular formula is C27H34N6O5. The predicted octanol–water partition coefficient (Wildman–Crippen LogP) is 2.44. The van der Waals surface area contributed by atoms with Crippen molar-refractivity contribution in [3.05, 3.63) is 59.9 Å². The van der Waals surface area contributed by atoms with Crippen LogP contribution in [0.25, 0.3) is 0 Å². The summed E-state index contributed by atoms with van der Waals surface area (Å²) < 4.78 is 10.5. The van der Waals surface area contributed by atoms with E-state index in [9.17, 15) is 14.7 Å². The molecule has 0 aliphatic carbocycles. The lowest BCUT2D eigenvalue weighted by atomic mass is 9.91. The van der Waals surface area contributed by atoms with Gasteiger partial charge in [0.15, 0.2) is 5.76 Å². The molecule has 3 aromatic rings. The third kappa shape index (κ3) is 5.10. The zero-order valence-corrected chi connectivity index (χ0v) is 21.9. The van der Waals surface area contributed by atoms with Gasteiger partial charge in [0, 0.05) is 57.1 Å². The van der Waals surface area contributed by atoms with Crippen molar-refractivity contribution in [2.45, 2.75) is 38.3 Å². The van der Waals surface area contributed by atoms with E-state index in [4.69, 9.17) is 9.26 Å². The second-order valence-corrected chi connectivity index (χ2v) is 10.2. The number of carbonyl (C=O) groups excluding carboxylic acids is 2. The molecule has 0 spiro atoms. The average molecular weight is 523 g/mol. The number of H-pyrrole nitrogens is 1. The molecule has 38 heavy (non-hydrogen) atoms. The maximum Gasteiger partial charge on any atom is 0.274 e. The van der Waals surface area contributed by atoms with Crippen LogP contribution >= 0.6 is 0 Å². The zero-order chi connectivity index (χ0) is 26.8. The van der Waals surface area contributed by atoms with E-state index in [1.54, 1.807) is 22.1 Å². The number of hydrogen-bond acceptors (Lipinski definition) is 8. The van der Waals surface area contributed by atoms with E-state index in [1.165, 1.54) is 7.11 Å². The van der Waals surface area contributed by atoms with E-state index in [-0.39, 0.29) is 24.3 Å². The number of piperazine rings is 1. The van der Waals surface area contributed by atoms with Gasteiger partial charge in [0.05, 0.1) is 19.3 Å². The number of ether oxygens (including phenoxy) is 1. The zero-order valence-electron chi connectivity index (χ0n) is 21.9. The number of aromatic amines is 1. The molecule has 2 aromatic heterocycles. The Balaban J connectivity index is 1.28. The molecule has 0 saturated carbocycles. The normalized spacial score (nSPS) is 20.7. The molecule has 2 saturated heterocycles. The van der Waals surface area contributed by atoms with Crippen LogP contribution in [-0.2, 0) is 4.79 Å². The van der Waals surface area contributed by atoms with Crippen LogP contribution in [0.15, 0.2) is 47.1 Å². The Morgan fingerprint density at radius 1 is 1.16 bits per heavy atom. The SMILES string of the molecule is COc1cc(C(C(=O)N2C[C@H](O)C[C@H]2c2nc(C(=O)N3CCN(c4ccccc4)CC3)c[nH]2)C(C)C)on1. The number of aliphatic hydroxyl groups is 1. The minimum absolute atomic E-state index is 0.0816. The number of nitrogens with one attached hydrogen (secondary N) is 1. The maximum absolute atomic E-state index is 13.7. The van der Waals surface area contributed by atoms with Gasteiger partial charge in [-0.2, -0.15) is 0 Å². The summed E-state index contributed by atoms with van der Waals surface area (Å²) in [6.07, 6.45) is 1.22. The Kier molecular flexibility index (Phi) is 7.37. The first-order valence-corrected chi connectivity index (χ1v) is 13.0. The number of amides is 2. The second-order valence-electron chi connectivity index (χ2n) is 10.2. The van der Waals surface area contributed by atoms with Crippen LogP contribution < -0.4 is 9.64 Å². The molecule has 1 aromatic carbocycles. The lowest BCUT2D eigenvalue weighted by Gasteiger charge is -2.35. The fourth-order valence-electron chi connectivity index (χ4n) is 5.33. The van der Waals surface area contributed by atoms with Crippen LogP contribution in [0.3, 0.4) is 0 Å². The first-order chi connectivity index (χ1) is 18.4. The number of carbonyl (C=O) groups is 2. The minimum atomic E-state index is -0.698. The number of hydrogen-bond donors (Lipinski definition) is 2. The fourth-order valence-corrected chi connectivity index (χ4v) is 5.33. The van der Waals surface area contributed by atoms with Crippen molar-refractivity contribution >= 4 is 17.5 Å². The van der Waals surface area contributed by atoms with Crippen molar-refractivity contribution in [2.75, 3.05) is 44.7 Å². The van der Waals surface area contributed by atoms with Gasteiger partial charge in [-0.15, -0.1) is 0 Å². The van der Waals surface area contributed by atoms with Gasteiger partial charge in [-0.05, 0) is 23.2 Å². The van der Waals surface area contributed by atoms with Crippen molar-refractivity contribution in [1.29, 1.82) is 0 Å². The number of methoxy groups -OCH3 is 1. The van der Waals surface area contributed by atoms with Crippen molar-refractivity contribution < 1.29 is 24.0 Å². The third-order valence-electron chi connectivity index (χ3n) is 7.34. The van der Waals surface area contributed by atoms with E-state index >= 15 is 0 Å². The van der Waals surface area contributed by atoms with Crippen molar-refractivity contribution in [3.63, 3.8) is 0 Å². The highest BCUT2D eigenvalue weighted by molar-refractivity contribution is 5.92. The Hall–Kier alpha value is -3.86. The Morgan fingerprint density at radius 2 is 1.89 bits per heavy atom. The van der Waals surface area contributed by atoms with Crippen LogP contribution in [0, 0.1) is 5.92 Å². The van der Waals surface area contributed by atoms with Crippen molar-refractivity contribution in [3.8, 4) is 5.88 Å². The molecule has 11 heteroatoms. The summed E-state index contributed by atoms with van der Waals surface area (Å²) >= 11 is 0. The molecular weight excluding hydrogens is 488 g/mol. The molecule has 11 nitrogen and oxygen atoms in total. The average Bonchev–Trinajstić information content (AvgIpc) is 3.68. The lowest BCUT2D eigenvalue weighted by molar-refractivity contribution is -0.135. The molecule has 2 aliphatic heterocycles. The predicted molar refractivity (Wildman–Crippen MR) is 139 cm³/mol. The number of benzene rings is 1. The molecule has 4 heterocycles. The number of likely N-dealkylation sites (tertiary alicyclic amines) is 1. The first kappa shape index (κ1) is 25.8. The van der Waals surface area contributed by atoms with Gasteiger partial charge in [0.2, 0.25) is 5.91 Å². The van der Waals surface area contributed by atoms with E-state index < -0.39 is 18.1 Å². The largest absolute Gasteiger partial charge is 0.479 e. The molecule has 2 aliphatic rings. The first-order valence-electron chi connectivity index (χ1n) is 13.0. The smallest absolute Gasteiger partial charge is 0.274 e. The molecule has 2 amide bonds. The van der Waals surface area contributed by atoms with Crippen LogP contribution in [0.1, 0.15) is 54.3 Å². The van der Waals surface area contributed by atoms with Gasteiger partial charge in [0.1, 0.15) is 17.4 Å². The Labute approximate surface area is 221 Å². The number of anilines is 1. The van der Waals surface area contributed by atoms with Gasteiger partial charge in [-0.25, -0.2) is 4.98 Å². The summed E-state index contributed by atoms with van der Waals surface area (Å²) in [7, 11) is 1.49. The monoisotopic (exact) mass is 522 g/mol. The number of nitrogens with zero attached hydrogens (tertiary/aromatic N) is 5. The molecule has 1 unspecified atom stereocenters. The highest BCUT2D eigenvalue weighted by Crippen LogP contribution is 2.37. The summed E-state index contributed by atoms with van der Waals surface area (Å²) in [6, 6.07) is 11.3. The van der Waals surface area contributed by atoms with Crippen LogP contribution in [0.4, 0.5) is 5.69 Å². The Morgan fingerprint density at radius 3 is 2.55 bits per heavy atom. The van der Waals surface area contributed by atoms with Gasteiger partial charge in [-0.3, -0.25) is 9.59 Å². The standard InChI is InChI=1S/C27H34N6O5/c1-17(2)24(22-14-23(37-3)30-38-22)27(36)33-16-19(34)13-21(33)25-28-15-20(29-25)26(35)32-11-9-31(10-12-32)18-7-5-4-6-8-18/h4-8,14-15,17,19,21,24,34H,9-13,16H2,1-3H3,(H,28,29)/t19-,21+,24?/m1/s1. The quantitative estimate of drug-likeness (QED) is 0.484. The van der Waals surface area contributed by atoms with E-state index in [0.29, 0.717) is 42.7 Å². The fraction of sp³-hybridized carbons (Fsp3) is 0.481. The van der Waals surface area contributed by atoms with E-state index in [2.05, 4.69) is 32.2 Å². The van der Waals surface area contributed by atoms with Gasteiger partial charge in [-0.1, -0.05) is 32.0 Å². The van der Waals surface area contributed by atoms with Gasteiger partial charge >= 0.3 is 0 Å². The van der Waals surface area contributed by atoms with Crippen LogP contribution in [0.5, 0.6) is 5.88 Å². The number of rotatable bonds is 7. The molecule has 202 valence electrons. The molecule has 0 radical (unpaired) electrons. The van der Waals surface area contributed by atoms with Crippen molar-refractivity contribution in [1.82, 2.24) is 24.9 Å². The van der Waals surface area contributed by atoms with Crippen molar-refractivity contribution in [2.24, 2.45) is 5.92 Å². The summed E-state index contributed by atoms with van der Waals surface area (Å²) in [5.41, 5.74) is 1.46. The van der Waals surface area contributed by atoms with Crippen LogP contribution in [0.2, 0.25) is 0 Å². The number of imidazole rings is 1. The van der Waals surface area contributed by atoms with Crippen LogP contribution in [-0.4, -0.2) is 87.8 Å². The van der Waals surface area contributed by atoms with Gasteiger partial charge < -0.3 is 34.1 Å². The molecule has 0 bridgehead atoms. The number of aliphatic hydroxyl groups excluding tert-OH is 1. The Bertz CT molecular complexity index is 1250. The molecule has 2 fully saturated rings. The second kappa shape index (κ2) is 10.9. The summed E-state index contributed by atoms with van der Waals surface area (Å²) in [5, 5.41) is 14.3. The number of β-amino-alcohol motifs (C(OH)–C–C–N with tert-alkyl or cyclic N) is 1. The van der Waals surface area contributed by atoms with E-state index in [1.807, 2.05) is 32.0 Å². The number of para-hydroxylation sites is 1. The third-order valence-corrected chi connectivity index (χ3v) is 7.34. The summed E-state index contributed by atoms with van der Waals surface area (Å²) in [6.45, 7) is 6.71. The molecule has 2 N–H and O–H groups in total. The maximum atomic E-state index is 13.7. The molecule has 5 rings (SSSR count). The summed E-state index contributed by atoms with van der Waals surface area (Å²) in [5.74, 6) is 0.172. The van der Waals surface area contributed by atoms with E-state index in [0.717, 1.165) is 18.8 Å². The number of aromatic nitrogens is 3. The highest BCUT2D eigenvalue weighted by atomic mass is 16.5. The van der Waals surface area contributed by atoms with Gasteiger partial charge in [0.25, 0.3) is 11.8 Å².